The van der Waals surface area contributed by atoms with E-state index in [1.54, 1.807) is 29.0 Å². The van der Waals surface area contributed by atoms with Crippen molar-refractivity contribution >= 4 is 34.0 Å². The second-order valence-corrected chi connectivity index (χ2v) is 8.80. The molecule has 0 radical (unpaired) electrons. The Labute approximate surface area is 200 Å². The molecule has 1 atom stereocenters. The summed E-state index contributed by atoms with van der Waals surface area (Å²) in [6.07, 6.45) is 0.162. The number of carbonyl (C=O) groups is 2. The Morgan fingerprint density at radius 2 is 1.97 bits per heavy atom. The van der Waals surface area contributed by atoms with Gasteiger partial charge in [0.05, 0.1) is 29.7 Å². The number of hydrogen-bond donors (Lipinski definition) is 0. The van der Waals surface area contributed by atoms with Crippen LogP contribution in [0, 0.1) is 16.0 Å². The Morgan fingerprint density at radius 3 is 2.65 bits per heavy atom. The molecule has 4 rings (SSSR count). The number of likely N-dealkylation sites (tertiary alicyclic amines) is 1. The third-order valence-corrected chi connectivity index (χ3v) is 6.53. The summed E-state index contributed by atoms with van der Waals surface area (Å²) in [4.78, 5) is 44.4. The fourth-order valence-electron chi connectivity index (χ4n) is 3.87. The number of rotatable bonds is 9. The molecule has 1 aliphatic heterocycles. The van der Waals surface area contributed by atoms with E-state index in [2.05, 4.69) is 4.98 Å². The molecule has 10 heteroatoms. The monoisotopic (exact) mass is 480 g/mol. The first-order chi connectivity index (χ1) is 16.5. The second kappa shape index (κ2) is 10.5. The van der Waals surface area contributed by atoms with Gasteiger partial charge >= 0.3 is 0 Å². The highest BCUT2D eigenvalue weighted by atomic mass is 32.1. The summed E-state index contributed by atoms with van der Waals surface area (Å²) >= 11 is 1.31. The predicted molar refractivity (Wildman–Crippen MR) is 128 cm³/mol. The molecule has 0 unspecified atom stereocenters. The first-order valence-electron chi connectivity index (χ1n) is 10.8. The van der Waals surface area contributed by atoms with Crippen LogP contribution < -0.4 is 4.90 Å². The van der Waals surface area contributed by atoms with Gasteiger partial charge in [-0.15, -0.1) is 11.3 Å². The summed E-state index contributed by atoms with van der Waals surface area (Å²) in [6, 6.07) is 15.8. The molecule has 0 N–H and O–H groups in total. The lowest BCUT2D eigenvalue weighted by Crippen LogP contribution is -2.39. The van der Waals surface area contributed by atoms with Crippen molar-refractivity contribution in [2.75, 3.05) is 31.7 Å². The van der Waals surface area contributed by atoms with Gasteiger partial charge in [0.25, 0.3) is 5.69 Å². The van der Waals surface area contributed by atoms with Gasteiger partial charge in [0.1, 0.15) is 0 Å². The van der Waals surface area contributed by atoms with Gasteiger partial charge in [-0.25, -0.2) is 4.98 Å². The van der Waals surface area contributed by atoms with Crippen molar-refractivity contribution in [2.45, 2.75) is 13.0 Å². The van der Waals surface area contributed by atoms with E-state index in [0.29, 0.717) is 37.1 Å². The van der Waals surface area contributed by atoms with Crippen LogP contribution in [-0.4, -0.2) is 53.4 Å². The highest BCUT2D eigenvalue weighted by Gasteiger charge is 2.37. The van der Waals surface area contributed by atoms with E-state index in [0.717, 1.165) is 11.1 Å². The lowest BCUT2D eigenvalue weighted by Gasteiger charge is -2.23. The first kappa shape index (κ1) is 23.5. The average Bonchev–Trinajstić information content (AvgIpc) is 3.47. The minimum absolute atomic E-state index is 0.00191. The molecule has 3 aromatic rings. The number of amides is 2. The molecule has 0 bridgehead atoms. The molecular weight excluding hydrogens is 456 g/mol. The van der Waals surface area contributed by atoms with Gasteiger partial charge in [-0.2, -0.15) is 0 Å². The molecule has 9 nitrogen and oxygen atoms in total. The van der Waals surface area contributed by atoms with Crippen LogP contribution in [0.1, 0.15) is 12.0 Å². The largest absolute Gasteiger partial charge is 0.383 e. The van der Waals surface area contributed by atoms with Gasteiger partial charge in [-0.05, 0) is 17.7 Å². The number of hydrogen-bond acceptors (Lipinski definition) is 7. The number of thiazole rings is 1. The number of aromatic nitrogens is 1. The van der Waals surface area contributed by atoms with E-state index in [4.69, 9.17) is 4.74 Å². The van der Waals surface area contributed by atoms with Gasteiger partial charge in [0.15, 0.2) is 5.13 Å². The fourth-order valence-corrected chi connectivity index (χ4v) is 4.74. The van der Waals surface area contributed by atoms with Gasteiger partial charge < -0.3 is 9.64 Å². The van der Waals surface area contributed by atoms with Crippen molar-refractivity contribution < 1.29 is 19.2 Å². The van der Waals surface area contributed by atoms with Gasteiger partial charge in [0, 0.05) is 49.7 Å². The van der Waals surface area contributed by atoms with Crippen LogP contribution in [0.25, 0.3) is 11.3 Å². The van der Waals surface area contributed by atoms with Crippen LogP contribution in [0.3, 0.4) is 0 Å². The van der Waals surface area contributed by atoms with E-state index in [9.17, 15) is 19.7 Å². The summed E-state index contributed by atoms with van der Waals surface area (Å²) < 4.78 is 5.20. The molecular formula is C24H24N4O5S. The third-order valence-electron chi connectivity index (χ3n) is 5.66. The zero-order valence-electron chi connectivity index (χ0n) is 18.6. The predicted octanol–water partition coefficient (Wildman–Crippen LogP) is 3.75. The molecule has 1 aromatic heterocycles. The summed E-state index contributed by atoms with van der Waals surface area (Å²) in [5.41, 5.74) is 2.37. The summed E-state index contributed by atoms with van der Waals surface area (Å²) in [5, 5.41) is 13.2. The molecule has 1 saturated heterocycles. The Morgan fingerprint density at radius 1 is 1.24 bits per heavy atom. The van der Waals surface area contributed by atoms with E-state index in [-0.39, 0.29) is 23.9 Å². The number of benzene rings is 2. The molecule has 0 saturated carbocycles. The Bertz CT molecular complexity index is 1170. The standard InChI is InChI=1S/C24H24N4O5S/c1-33-12-11-27(24-25-21(16-34-24)18-7-9-20(10-8-18)28(31)32)23(30)19-13-22(29)26(15-19)14-17-5-3-2-4-6-17/h2-10,16,19H,11-15H2,1H3/t19-/m1/s1. The normalized spacial score (nSPS) is 15.5. The summed E-state index contributed by atoms with van der Waals surface area (Å²) in [7, 11) is 1.56. The Hall–Kier alpha value is -3.63. The lowest BCUT2D eigenvalue weighted by atomic mass is 10.1. The van der Waals surface area contributed by atoms with Crippen molar-refractivity contribution in [2.24, 2.45) is 5.92 Å². The lowest BCUT2D eigenvalue weighted by molar-refractivity contribution is -0.384. The molecule has 2 aromatic carbocycles. The Balaban J connectivity index is 1.50. The molecule has 0 aliphatic carbocycles. The van der Waals surface area contributed by atoms with Crippen LogP contribution in [0.4, 0.5) is 10.8 Å². The van der Waals surface area contributed by atoms with Crippen LogP contribution in [0.5, 0.6) is 0 Å². The molecule has 2 amide bonds. The maximum Gasteiger partial charge on any atom is 0.269 e. The number of ether oxygens (including phenoxy) is 1. The number of nitrogens with zero attached hydrogens (tertiary/aromatic N) is 4. The number of carbonyl (C=O) groups excluding carboxylic acids is 2. The second-order valence-electron chi connectivity index (χ2n) is 7.96. The maximum absolute atomic E-state index is 13.4. The number of nitro benzene ring substituents is 1. The van der Waals surface area contributed by atoms with Crippen LogP contribution in [-0.2, 0) is 20.9 Å². The average molecular weight is 481 g/mol. The molecule has 1 fully saturated rings. The van der Waals surface area contributed by atoms with Gasteiger partial charge in [-0.3, -0.25) is 24.6 Å². The van der Waals surface area contributed by atoms with Crippen molar-refractivity contribution in [3.05, 3.63) is 75.7 Å². The third kappa shape index (κ3) is 5.29. The smallest absolute Gasteiger partial charge is 0.269 e. The van der Waals surface area contributed by atoms with Crippen molar-refractivity contribution in [1.82, 2.24) is 9.88 Å². The van der Waals surface area contributed by atoms with Crippen LogP contribution in [0.2, 0.25) is 0 Å². The first-order valence-corrected chi connectivity index (χ1v) is 11.7. The number of nitro groups is 1. The quantitative estimate of drug-likeness (QED) is 0.341. The maximum atomic E-state index is 13.4. The van der Waals surface area contributed by atoms with E-state index in [1.165, 1.54) is 23.5 Å². The summed E-state index contributed by atoms with van der Waals surface area (Å²) in [5.74, 6) is -0.662. The molecule has 1 aliphatic rings. The number of methoxy groups -OCH3 is 1. The Kier molecular flexibility index (Phi) is 7.29. The van der Waals surface area contributed by atoms with Crippen LogP contribution in [0.15, 0.2) is 60.0 Å². The van der Waals surface area contributed by atoms with E-state index >= 15 is 0 Å². The highest BCUT2D eigenvalue weighted by Crippen LogP contribution is 2.31. The van der Waals surface area contributed by atoms with Gasteiger partial charge in [-0.1, -0.05) is 30.3 Å². The molecule has 176 valence electrons. The van der Waals surface area contributed by atoms with Crippen molar-refractivity contribution in [1.29, 1.82) is 0 Å². The minimum Gasteiger partial charge on any atom is -0.383 e. The number of non-ortho nitro benzene ring substituents is 1. The zero-order chi connectivity index (χ0) is 24.1. The molecule has 34 heavy (non-hydrogen) atoms. The SMILES string of the molecule is COCCN(C(=O)[C@@H]1CC(=O)N(Cc2ccccc2)C1)c1nc(-c2ccc([N+](=O)[O-])cc2)cs1. The van der Waals surface area contributed by atoms with Crippen LogP contribution >= 0.6 is 11.3 Å². The number of anilines is 1. The fraction of sp³-hybridized carbons (Fsp3) is 0.292. The zero-order valence-corrected chi connectivity index (χ0v) is 19.4. The van der Waals surface area contributed by atoms with Crippen molar-refractivity contribution in [3.63, 3.8) is 0 Å². The molecule has 0 spiro atoms. The van der Waals surface area contributed by atoms with E-state index in [1.807, 2.05) is 35.7 Å². The molecule has 2 heterocycles. The topological polar surface area (TPSA) is 106 Å². The van der Waals surface area contributed by atoms with E-state index < -0.39 is 10.8 Å². The highest BCUT2D eigenvalue weighted by molar-refractivity contribution is 7.14. The minimum atomic E-state index is -0.459. The summed E-state index contributed by atoms with van der Waals surface area (Å²) in [6.45, 7) is 1.47. The van der Waals surface area contributed by atoms with Gasteiger partial charge in [0.2, 0.25) is 11.8 Å². The van der Waals surface area contributed by atoms with Crippen molar-refractivity contribution in [3.8, 4) is 11.3 Å².